The molecule has 406 valence electrons. The maximum absolute atomic E-state index is 13.1. The fourth-order valence-corrected chi connectivity index (χ4v) is 9.13. The molecule has 37 nitrogen and oxygen atoms in total. The van der Waals surface area contributed by atoms with Gasteiger partial charge >= 0.3 is 35.8 Å². The van der Waals surface area contributed by atoms with Crippen LogP contribution in [-0.4, -0.2) is 176 Å². The molecule has 0 radical (unpaired) electrons. The highest BCUT2D eigenvalue weighted by molar-refractivity contribution is 8.13. The Hall–Kier alpha value is -7.54. The molecule has 0 N–H and O–H groups in total. The fraction of sp³-hybridized carbons (Fsp3) is 0.811. The molecule has 1 saturated carbocycles. The predicted octanol–water partition coefficient (Wildman–Crippen LogP) is 3.93. The highest BCUT2D eigenvalue weighted by Crippen LogP contribution is 2.41. The Kier molecular flexibility index (Phi) is 23.0. The van der Waals surface area contributed by atoms with Crippen molar-refractivity contribution < 1.29 is 90.4 Å². The second-order valence-electron chi connectivity index (χ2n) is 16.2. The smallest absolute Gasteiger partial charge is 0.303 e. The number of rotatable bonds is 22. The topological polar surface area (TPSA) is 523 Å². The van der Waals surface area contributed by atoms with E-state index in [0.29, 0.717) is 11.8 Å². The van der Waals surface area contributed by atoms with Crippen LogP contribution in [0.3, 0.4) is 0 Å². The number of carbonyl (C=O) groups is 7. The van der Waals surface area contributed by atoms with Crippen molar-refractivity contribution in [1.82, 2.24) is 0 Å². The van der Waals surface area contributed by atoms with Crippen molar-refractivity contribution in [3.8, 4) is 0 Å². The van der Waals surface area contributed by atoms with E-state index in [9.17, 15) is 66.7 Å². The summed E-state index contributed by atoms with van der Waals surface area (Å²) in [5.41, 5.74) is 57.5. The van der Waals surface area contributed by atoms with Crippen LogP contribution in [0, 0.1) is 0 Å². The van der Waals surface area contributed by atoms with Gasteiger partial charge in [-0.1, -0.05) is 42.4 Å². The van der Waals surface area contributed by atoms with E-state index in [2.05, 4.69) is 60.2 Å². The van der Waals surface area contributed by atoms with Crippen LogP contribution in [0.15, 0.2) is 30.7 Å². The average Bonchev–Trinajstić information content (AvgIpc) is 3.63. The second-order valence-corrected chi connectivity index (χ2v) is 17.4. The van der Waals surface area contributed by atoms with Crippen molar-refractivity contribution in [2.75, 3.05) is 18.8 Å². The van der Waals surface area contributed by atoms with Crippen molar-refractivity contribution in [2.24, 2.45) is 30.7 Å². The van der Waals surface area contributed by atoms with Crippen molar-refractivity contribution in [3.63, 3.8) is 0 Å². The van der Waals surface area contributed by atoms with Gasteiger partial charge in [-0.3, -0.25) is 33.6 Å². The molecule has 3 saturated heterocycles. The van der Waals surface area contributed by atoms with Gasteiger partial charge < -0.3 is 56.8 Å². The Morgan fingerprint density at radius 2 is 0.787 bits per heavy atom. The van der Waals surface area contributed by atoms with E-state index in [1.807, 2.05) is 0 Å². The van der Waals surface area contributed by atoms with Crippen molar-refractivity contribution in [1.29, 1.82) is 0 Å². The molecule has 3 heterocycles. The van der Waals surface area contributed by atoms with Gasteiger partial charge in [-0.25, -0.2) is 0 Å². The maximum Gasteiger partial charge on any atom is 0.303 e. The maximum atomic E-state index is 13.1. The van der Waals surface area contributed by atoms with E-state index >= 15 is 0 Å². The summed E-state index contributed by atoms with van der Waals surface area (Å²) >= 11 is 0.665. The molecule has 0 aromatic rings. The molecular weight excluding hydrogens is 1030 g/mol. The van der Waals surface area contributed by atoms with Gasteiger partial charge in [0, 0.05) is 83.7 Å². The first kappa shape index (κ1) is 60.0. The normalized spacial score (nSPS) is 33.7. The molecule has 19 atom stereocenters. The van der Waals surface area contributed by atoms with Crippen LogP contribution in [0.25, 0.3) is 62.7 Å². The van der Waals surface area contributed by atoms with Crippen molar-refractivity contribution in [2.45, 2.75) is 171 Å². The summed E-state index contributed by atoms with van der Waals surface area (Å²) in [7, 11) is 0. The molecule has 0 aromatic heterocycles. The number of hydrogen-bond acceptors (Lipinski definition) is 26. The van der Waals surface area contributed by atoms with Crippen LogP contribution < -0.4 is 0 Å². The molecule has 4 aliphatic rings. The van der Waals surface area contributed by atoms with Gasteiger partial charge in [-0.15, -0.1) is 0 Å². The summed E-state index contributed by atoms with van der Waals surface area (Å²) in [6.07, 6.45) is -26.7. The Labute approximate surface area is 425 Å². The van der Waals surface area contributed by atoms with E-state index in [-0.39, 0.29) is 5.75 Å². The molecule has 3 aliphatic heterocycles. The number of azide groups is 6. The average molecular weight is 1080 g/mol. The first-order valence-corrected chi connectivity index (χ1v) is 23.0. The summed E-state index contributed by atoms with van der Waals surface area (Å²) in [5, 5.41) is 21.5. The number of nitrogens with zero attached hydrogens (tertiary/aromatic N) is 18. The lowest BCUT2D eigenvalue weighted by Crippen LogP contribution is -2.65. The first-order valence-electron chi connectivity index (χ1n) is 22.0. The first-order chi connectivity index (χ1) is 35.7. The molecule has 38 heteroatoms. The molecule has 4 rings (SSSR count). The zero-order chi connectivity index (χ0) is 55.5. The third-order valence-corrected chi connectivity index (χ3v) is 11.8. The van der Waals surface area contributed by atoms with Gasteiger partial charge in [0.05, 0.1) is 31.3 Å². The predicted molar refractivity (Wildman–Crippen MR) is 241 cm³/mol. The Bertz CT molecular complexity index is 2440. The molecule has 75 heavy (non-hydrogen) atoms. The largest absolute Gasteiger partial charge is 0.459 e. The van der Waals surface area contributed by atoms with Gasteiger partial charge in [-0.2, -0.15) is 0 Å². The molecule has 0 bridgehead atoms. The van der Waals surface area contributed by atoms with Crippen LogP contribution in [0.1, 0.15) is 54.9 Å². The molecule has 0 spiro atoms. The lowest BCUT2D eigenvalue weighted by Gasteiger charge is -2.48. The van der Waals surface area contributed by atoms with Gasteiger partial charge in [-0.05, 0) is 39.6 Å². The number of ether oxygens (including phenoxy) is 12. The van der Waals surface area contributed by atoms with Gasteiger partial charge in [0.1, 0.15) is 48.7 Å². The standard InChI is InChI=1S/C37H48N18O19S/c1-12(56)63-26-19(46-52-40)8-20(47-53-41)27(72-35-24(48-54-42)31(66-15(4)59)28(64-13(2)57)21(69-35)9-44-50-38)33(26)74-37-34(68-17(6)61)30(23(71-37)11-75-18(7)62)73-36-25(49-55-43)32(67-16(5)60)29(65-14(3)58)22(70-36)10-45-51-39/h19-37H,8-11H2,1-7H3/t19-,20?,21?,22+,23-,24?,25?,26?,27-,28-,29-,30+,31-,32?,33-,34?,35-,36-,37+/m1/s1. The van der Waals surface area contributed by atoms with E-state index in [1.165, 1.54) is 6.92 Å². The quantitative estimate of drug-likeness (QED) is 0.0487. The Balaban J connectivity index is 1.96. The van der Waals surface area contributed by atoms with E-state index < -0.39 is 177 Å². The van der Waals surface area contributed by atoms with Crippen molar-refractivity contribution >= 4 is 52.7 Å². The van der Waals surface area contributed by atoms with Gasteiger partial charge in [0.25, 0.3) is 0 Å². The van der Waals surface area contributed by atoms with E-state index in [0.717, 1.165) is 41.5 Å². The Morgan fingerprint density at radius 1 is 0.427 bits per heavy atom. The van der Waals surface area contributed by atoms with Gasteiger partial charge in [0.15, 0.2) is 54.5 Å². The van der Waals surface area contributed by atoms with Crippen LogP contribution in [0.5, 0.6) is 0 Å². The number of thioether (sulfide) groups is 1. The summed E-state index contributed by atoms with van der Waals surface area (Å²) in [5.74, 6) is -6.26. The summed E-state index contributed by atoms with van der Waals surface area (Å²) in [6, 6.07) is -6.63. The minimum atomic E-state index is -1.99. The zero-order valence-corrected chi connectivity index (χ0v) is 41.3. The summed E-state index contributed by atoms with van der Waals surface area (Å²) in [4.78, 5) is 105. The number of hydrogen-bond donors (Lipinski definition) is 0. The highest BCUT2D eigenvalue weighted by Gasteiger charge is 2.59. The zero-order valence-electron chi connectivity index (χ0n) is 40.5. The lowest BCUT2D eigenvalue weighted by molar-refractivity contribution is -0.309. The highest BCUT2D eigenvalue weighted by atomic mass is 32.2. The lowest BCUT2D eigenvalue weighted by atomic mass is 9.83. The van der Waals surface area contributed by atoms with Crippen LogP contribution in [-0.2, 0) is 90.4 Å². The summed E-state index contributed by atoms with van der Waals surface area (Å²) < 4.78 is 71.1. The van der Waals surface area contributed by atoms with Crippen molar-refractivity contribution in [3.05, 3.63) is 62.7 Å². The SMILES string of the molecule is CC(=O)OC1[C@H](O[C@@H]2C(OC(C)=O)[C@H](N=[N+]=[N-])CC(N=[N+]=[N-])[C@H]2O[C@H]2OC(CN=[N+]=[N-])[C@@H](OC(C)=O)[C@H](OC(C)=O)C2N=[N+]=[N-])O[C@H](CSC(C)=O)[C@@H]1O[C@H]1O[C@@H](CN=[N+]=[N-])[C@@H](OC(C)=O)C(OC(C)=O)C1N=[N+]=[N-]. The monoisotopic (exact) mass is 1080 g/mol. The molecular formula is C37H48N18O19S. The molecule has 0 aromatic carbocycles. The molecule has 7 unspecified atom stereocenters. The minimum Gasteiger partial charge on any atom is -0.459 e. The fourth-order valence-electron chi connectivity index (χ4n) is 8.46. The summed E-state index contributed by atoms with van der Waals surface area (Å²) in [6.45, 7) is 5.79. The van der Waals surface area contributed by atoms with E-state index in [1.54, 1.807) is 0 Å². The van der Waals surface area contributed by atoms with Crippen LogP contribution >= 0.6 is 11.8 Å². The molecule has 0 amide bonds. The molecule has 4 fully saturated rings. The third-order valence-electron chi connectivity index (χ3n) is 10.9. The number of esters is 6. The Morgan fingerprint density at radius 3 is 1.19 bits per heavy atom. The van der Waals surface area contributed by atoms with Gasteiger partial charge in [0.2, 0.25) is 0 Å². The molecule has 1 aliphatic carbocycles. The van der Waals surface area contributed by atoms with Crippen LogP contribution in [0.2, 0.25) is 0 Å². The minimum absolute atomic E-state index is 0.347. The number of carbonyl (C=O) groups excluding carboxylic acids is 7. The van der Waals surface area contributed by atoms with Crippen LogP contribution in [0.4, 0.5) is 0 Å². The second kappa shape index (κ2) is 28.8. The van der Waals surface area contributed by atoms with E-state index in [4.69, 9.17) is 56.8 Å². The third kappa shape index (κ3) is 16.5.